The van der Waals surface area contributed by atoms with E-state index in [9.17, 15) is 14.0 Å². The summed E-state index contributed by atoms with van der Waals surface area (Å²) in [6, 6.07) is 9.98. The predicted molar refractivity (Wildman–Crippen MR) is 98.7 cm³/mol. The Balaban J connectivity index is 1.63. The van der Waals surface area contributed by atoms with E-state index in [-0.39, 0.29) is 18.4 Å². The van der Waals surface area contributed by atoms with Crippen molar-refractivity contribution in [1.29, 1.82) is 0 Å². The Bertz CT molecular complexity index is 756. The van der Waals surface area contributed by atoms with Crippen LogP contribution in [0.2, 0.25) is 0 Å². The van der Waals surface area contributed by atoms with Gasteiger partial charge in [-0.05, 0) is 36.4 Å². The van der Waals surface area contributed by atoms with Crippen LogP contribution in [0, 0.1) is 5.82 Å². The Hall–Kier alpha value is -2.87. The third-order valence-electron chi connectivity index (χ3n) is 4.71. The van der Waals surface area contributed by atoms with Crippen molar-refractivity contribution in [3.63, 3.8) is 0 Å². The SMILES string of the molecule is CNC(=O)C(=O)NCC(c1ccco1)N1CCN(c2ccc(F)cc2)CC1. The second-order valence-corrected chi connectivity index (χ2v) is 6.32. The number of amides is 2. The molecule has 1 aromatic carbocycles. The summed E-state index contributed by atoms with van der Waals surface area (Å²) in [7, 11) is 1.42. The van der Waals surface area contributed by atoms with E-state index in [0.717, 1.165) is 37.6 Å². The number of nitrogens with zero attached hydrogens (tertiary/aromatic N) is 2. The van der Waals surface area contributed by atoms with Gasteiger partial charge in [-0.3, -0.25) is 14.5 Å². The van der Waals surface area contributed by atoms with E-state index in [4.69, 9.17) is 4.42 Å². The normalized spacial score (nSPS) is 16.0. The number of rotatable bonds is 5. The highest BCUT2D eigenvalue weighted by atomic mass is 19.1. The van der Waals surface area contributed by atoms with Gasteiger partial charge in [0.2, 0.25) is 0 Å². The van der Waals surface area contributed by atoms with Gasteiger partial charge in [-0.2, -0.15) is 0 Å². The van der Waals surface area contributed by atoms with Crippen LogP contribution in [-0.4, -0.2) is 56.5 Å². The van der Waals surface area contributed by atoms with Crippen LogP contribution in [0.5, 0.6) is 0 Å². The summed E-state index contributed by atoms with van der Waals surface area (Å²) in [5.41, 5.74) is 0.985. The maximum absolute atomic E-state index is 13.1. The molecule has 3 rings (SSSR count). The lowest BCUT2D eigenvalue weighted by molar-refractivity contribution is -0.139. The van der Waals surface area contributed by atoms with Gasteiger partial charge >= 0.3 is 11.8 Å². The molecule has 1 fully saturated rings. The maximum atomic E-state index is 13.1. The van der Waals surface area contributed by atoms with Crippen LogP contribution < -0.4 is 15.5 Å². The topological polar surface area (TPSA) is 77.8 Å². The van der Waals surface area contributed by atoms with Gasteiger partial charge in [0.15, 0.2) is 0 Å². The van der Waals surface area contributed by atoms with E-state index < -0.39 is 11.8 Å². The molecule has 2 amide bonds. The number of hydrogen-bond acceptors (Lipinski definition) is 5. The summed E-state index contributed by atoms with van der Waals surface area (Å²) in [5.74, 6) is -0.849. The molecule has 1 aromatic heterocycles. The fourth-order valence-electron chi connectivity index (χ4n) is 3.22. The lowest BCUT2D eigenvalue weighted by atomic mass is 10.1. The van der Waals surface area contributed by atoms with E-state index in [1.165, 1.54) is 19.2 Å². The maximum Gasteiger partial charge on any atom is 0.309 e. The standard InChI is InChI=1S/C19H23FN4O3/c1-21-18(25)19(26)22-13-16(17-3-2-12-27-17)24-10-8-23(9-11-24)15-6-4-14(20)5-7-15/h2-7,12,16H,8-11,13H2,1H3,(H,21,25)(H,22,26). The molecular formula is C19H23FN4O3. The molecule has 1 unspecified atom stereocenters. The Morgan fingerprint density at radius 3 is 2.41 bits per heavy atom. The molecule has 1 aliphatic rings. The average Bonchev–Trinajstić information content (AvgIpc) is 3.23. The minimum atomic E-state index is -0.672. The second kappa shape index (κ2) is 8.68. The number of halogens is 1. The lowest BCUT2D eigenvalue weighted by Gasteiger charge is -2.39. The molecule has 1 atom stereocenters. The van der Waals surface area contributed by atoms with Gasteiger partial charge in [-0.25, -0.2) is 4.39 Å². The van der Waals surface area contributed by atoms with Gasteiger partial charge in [0.25, 0.3) is 0 Å². The summed E-state index contributed by atoms with van der Waals surface area (Å²) in [6.45, 7) is 3.31. The van der Waals surface area contributed by atoms with Gasteiger partial charge in [0.05, 0.1) is 12.3 Å². The third-order valence-corrected chi connectivity index (χ3v) is 4.71. The molecule has 2 aromatic rings. The van der Waals surface area contributed by atoms with Crippen molar-refractivity contribution in [1.82, 2.24) is 15.5 Å². The molecule has 0 aliphatic carbocycles. The average molecular weight is 374 g/mol. The monoisotopic (exact) mass is 374 g/mol. The van der Waals surface area contributed by atoms with Gasteiger partial charge in [-0.15, -0.1) is 0 Å². The first-order valence-electron chi connectivity index (χ1n) is 8.86. The van der Waals surface area contributed by atoms with E-state index in [2.05, 4.69) is 20.4 Å². The van der Waals surface area contributed by atoms with Gasteiger partial charge < -0.3 is 20.0 Å². The zero-order valence-corrected chi connectivity index (χ0v) is 15.2. The number of furan rings is 1. The first kappa shape index (κ1) is 18.9. The van der Waals surface area contributed by atoms with Crippen molar-refractivity contribution in [3.8, 4) is 0 Å². The highest BCUT2D eigenvalue weighted by molar-refractivity contribution is 6.35. The summed E-state index contributed by atoms with van der Waals surface area (Å²) in [6.07, 6.45) is 1.59. The first-order chi connectivity index (χ1) is 13.1. The number of hydrogen-bond donors (Lipinski definition) is 2. The number of piperazine rings is 1. The van der Waals surface area contributed by atoms with Gasteiger partial charge in [0, 0.05) is 45.5 Å². The fraction of sp³-hybridized carbons (Fsp3) is 0.368. The molecule has 0 saturated carbocycles. The zero-order valence-electron chi connectivity index (χ0n) is 15.2. The van der Waals surface area contributed by atoms with Crippen LogP contribution in [0.3, 0.4) is 0 Å². The summed E-state index contributed by atoms with van der Waals surface area (Å²) >= 11 is 0. The largest absolute Gasteiger partial charge is 0.468 e. The number of benzene rings is 1. The van der Waals surface area contributed by atoms with Crippen LogP contribution in [-0.2, 0) is 9.59 Å². The molecule has 8 heteroatoms. The van der Waals surface area contributed by atoms with Crippen LogP contribution >= 0.6 is 0 Å². The molecule has 2 N–H and O–H groups in total. The van der Waals surface area contributed by atoms with Crippen molar-refractivity contribution in [2.24, 2.45) is 0 Å². The summed E-state index contributed by atoms with van der Waals surface area (Å²) in [5, 5.41) is 4.97. The minimum Gasteiger partial charge on any atom is -0.468 e. The molecule has 1 aliphatic heterocycles. The Labute approximate surface area is 157 Å². The molecular weight excluding hydrogens is 351 g/mol. The number of nitrogens with one attached hydrogen (secondary N) is 2. The van der Waals surface area contributed by atoms with E-state index in [1.807, 2.05) is 6.07 Å². The Morgan fingerprint density at radius 2 is 1.81 bits per heavy atom. The molecule has 0 bridgehead atoms. The van der Waals surface area contributed by atoms with Crippen molar-refractivity contribution < 1.29 is 18.4 Å². The fourth-order valence-corrected chi connectivity index (χ4v) is 3.22. The first-order valence-corrected chi connectivity index (χ1v) is 8.86. The Kier molecular flexibility index (Phi) is 6.08. The summed E-state index contributed by atoms with van der Waals surface area (Å²) < 4.78 is 18.7. The number of carbonyl (C=O) groups excluding carboxylic acids is 2. The number of likely N-dealkylation sites (N-methyl/N-ethyl adjacent to an activating group) is 1. The molecule has 2 heterocycles. The molecule has 0 spiro atoms. The van der Waals surface area contributed by atoms with Crippen LogP contribution in [0.25, 0.3) is 0 Å². The molecule has 7 nitrogen and oxygen atoms in total. The molecule has 0 radical (unpaired) electrons. The Morgan fingerprint density at radius 1 is 1.11 bits per heavy atom. The number of anilines is 1. The smallest absolute Gasteiger partial charge is 0.309 e. The molecule has 27 heavy (non-hydrogen) atoms. The van der Waals surface area contributed by atoms with E-state index >= 15 is 0 Å². The van der Waals surface area contributed by atoms with E-state index in [1.54, 1.807) is 24.5 Å². The predicted octanol–water partition coefficient (Wildman–Crippen LogP) is 1.14. The van der Waals surface area contributed by atoms with Crippen molar-refractivity contribution >= 4 is 17.5 Å². The van der Waals surface area contributed by atoms with Crippen LogP contribution in [0.15, 0.2) is 47.1 Å². The second-order valence-electron chi connectivity index (χ2n) is 6.32. The highest BCUT2D eigenvalue weighted by Crippen LogP contribution is 2.24. The highest BCUT2D eigenvalue weighted by Gasteiger charge is 2.28. The number of carbonyl (C=O) groups is 2. The van der Waals surface area contributed by atoms with Crippen LogP contribution in [0.1, 0.15) is 11.8 Å². The van der Waals surface area contributed by atoms with Crippen molar-refractivity contribution in [3.05, 3.63) is 54.2 Å². The zero-order chi connectivity index (χ0) is 19.2. The van der Waals surface area contributed by atoms with Crippen LogP contribution in [0.4, 0.5) is 10.1 Å². The van der Waals surface area contributed by atoms with E-state index in [0.29, 0.717) is 0 Å². The van der Waals surface area contributed by atoms with Crippen molar-refractivity contribution in [2.45, 2.75) is 6.04 Å². The molecule has 144 valence electrons. The lowest BCUT2D eigenvalue weighted by Crippen LogP contribution is -2.50. The quantitative estimate of drug-likeness (QED) is 0.768. The minimum absolute atomic E-state index is 0.163. The van der Waals surface area contributed by atoms with Gasteiger partial charge in [-0.1, -0.05) is 0 Å². The third kappa shape index (κ3) is 4.65. The molecule has 1 saturated heterocycles. The van der Waals surface area contributed by atoms with Crippen molar-refractivity contribution in [2.75, 3.05) is 44.7 Å². The van der Waals surface area contributed by atoms with Gasteiger partial charge in [0.1, 0.15) is 11.6 Å². The summed E-state index contributed by atoms with van der Waals surface area (Å²) in [4.78, 5) is 27.6.